The maximum Gasteiger partial charge on any atom is 0.251 e. The fourth-order valence-corrected chi connectivity index (χ4v) is 2.24. The Hall–Kier alpha value is -2.33. The Morgan fingerprint density at radius 2 is 1.68 bits per heavy atom. The van der Waals surface area contributed by atoms with E-state index in [4.69, 9.17) is 4.74 Å². The van der Waals surface area contributed by atoms with Gasteiger partial charge in [0.05, 0.1) is 7.11 Å². The smallest absolute Gasteiger partial charge is 0.251 e. The molecule has 2 rings (SSSR count). The molecule has 0 aliphatic carbocycles. The van der Waals surface area contributed by atoms with Crippen molar-refractivity contribution in [3.8, 4) is 5.75 Å². The van der Waals surface area contributed by atoms with E-state index < -0.39 is 0 Å². The number of hydrogen-bond acceptors (Lipinski definition) is 3. The van der Waals surface area contributed by atoms with E-state index in [2.05, 4.69) is 16.3 Å². The van der Waals surface area contributed by atoms with Gasteiger partial charge in [-0.25, -0.2) is 0 Å². The highest BCUT2D eigenvalue weighted by Gasteiger charge is 2.08. The fourth-order valence-electron chi connectivity index (χ4n) is 2.24. The minimum absolute atomic E-state index is 0.0812. The number of ether oxygens (including phenoxy) is 1. The van der Waals surface area contributed by atoms with Crippen LogP contribution in [0.3, 0.4) is 0 Å². The van der Waals surface area contributed by atoms with Crippen molar-refractivity contribution in [2.24, 2.45) is 0 Å². The summed E-state index contributed by atoms with van der Waals surface area (Å²) in [6.07, 6.45) is 0. The van der Waals surface area contributed by atoms with Crippen LogP contribution in [0.1, 0.15) is 21.5 Å². The van der Waals surface area contributed by atoms with Crippen LogP contribution in [0.25, 0.3) is 0 Å². The van der Waals surface area contributed by atoms with Gasteiger partial charge in [0.1, 0.15) is 5.75 Å². The molecule has 0 saturated carbocycles. The molecule has 0 saturated heterocycles. The molecular formula is C18H22N2O2. The molecule has 0 atom stereocenters. The summed E-state index contributed by atoms with van der Waals surface area (Å²) in [5, 5.41) is 2.97. The number of amides is 1. The third-order valence-electron chi connectivity index (χ3n) is 3.40. The molecule has 22 heavy (non-hydrogen) atoms. The van der Waals surface area contributed by atoms with Crippen LogP contribution >= 0.6 is 0 Å². The Balaban J connectivity index is 2.01. The molecule has 0 bridgehead atoms. The second kappa shape index (κ2) is 7.61. The average molecular weight is 298 g/mol. The molecule has 0 heterocycles. The average Bonchev–Trinajstić information content (AvgIpc) is 2.53. The second-order valence-electron chi connectivity index (χ2n) is 5.42. The van der Waals surface area contributed by atoms with Gasteiger partial charge in [-0.1, -0.05) is 24.3 Å². The lowest BCUT2D eigenvalue weighted by atomic mass is 10.1. The molecule has 4 nitrogen and oxygen atoms in total. The van der Waals surface area contributed by atoms with Crippen molar-refractivity contribution in [1.82, 2.24) is 10.2 Å². The number of carbonyl (C=O) groups is 1. The van der Waals surface area contributed by atoms with Gasteiger partial charge in [-0.2, -0.15) is 0 Å². The van der Waals surface area contributed by atoms with Crippen LogP contribution < -0.4 is 10.1 Å². The van der Waals surface area contributed by atoms with Gasteiger partial charge < -0.3 is 15.0 Å². The SMILES string of the molecule is COc1ccc(C(=O)NCc2ccccc2CN(C)C)cc1. The van der Waals surface area contributed by atoms with Crippen molar-refractivity contribution >= 4 is 5.91 Å². The Morgan fingerprint density at radius 3 is 2.27 bits per heavy atom. The van der Waals surface area contributed by atoms with E-state index in [1.807, 2.05) is 32.3 Å². The minimum Gasteiger partial charge on any atom is -0.497 e. The first-order chi connectivity index (χ1) is 10.6. The van der Waals surface area contributed by atoms with E-state index in [-0.39, 0.29) is 5.91 Å². The van der Waals surface area contributed by atoms with Crippen molar-refractivity contribution in [1.29, 1.82) is 0 Å². The first-order valence-corrected chi connectivity index (χ1v) is 7.24. The van der Waals surface area contributed by atoms with Gasteiger partial charge in [0.15, 0.2) is 0 Å². The third-order valence-corrected chi connectivity index (χ3v) is 3.40. The van der Waals surface area contributed by atoms with Crippen molar-refractivity contribution in [3.05, 3.63) is 65.2 Å². The highest BCUT2D eigenvalue weighted by atomic mass is 16.5. The number of nitrogens with zero attached hydrogens (tertiary/aromatic N) is 1. The summed E-state index contributed by atoms with van der Waals surface area (Å²) < 4.78 is 5.09. The zero-order valence-electron chi connectivity index (χ0n) is 13.3. The lowest BCUT2D eigenvalue weighted by molar-refractivity contribution is 0.0951. The van der Waals surface area contributed by atoms with Gasteiger partial charge in [-0.15, -0.1) is 0 Å². The van der Waals surface area contributed by atoms with Crippen molar-refractivity contribution in [2.75, 3.05) is 21.2 Å². The molecule has 0 spiro atoms. The Morgan fingerprint density at radius 1 is 1.05 bits per heavy atom. The lowest BCUT2D eigenvalue weighted by Crippen LogP contribution is -2.24. The topological polar surface area (TPSA) is 41.6 Å². The van der Waals surface area contributed by atoms with Gasteiger partial charge >= 0.3 is 0 Å². The fraction of sp³-hybridized carbons (Fsp3) is 0.278. The lowest BCUT2D eigenvalue weighted by Gasteiger charge is -2.14. The van der Waals surface area contributed by atoms with Gasteiger partial charge in [0, 0.05) is 18.7 Å². The van der Waals surface area contributed by atoms with Crippen molar-refractivity contribution in [3.63, 3.8) is 0 Å². The third kappa shape index (κ3) is 4.33. The summed E-state index contributed by atoms with van der Waals surface area (Å²) in [6.45, 7) is 1.38. The second-order valence-corrected chi connectivity index (χ2v) is 5.42. The first-order valence-electron chi connectivity index (χ1n) is 7.24. The molecule has 2 aromatic rings. The molecule has 0 aliphatic heterocycles. The van der Waals surface area contributed by atoms with Crippen LogP contribution in [-0.2, 0) is 13.1 Å². The predicted molar refractivity (Wildman–Crippen MR) is 88.0 cm³/mol. The molecule has 1 amide bonds. The van der Waals surface area contributed by atoms with Gasteiger partial charge in [0.2, 0.25) is 0 Å². The minimum atomic E-state index is -0.0812. The predicted octanol–water partition coefficient (Wildman–Crippen LogP) is 2.69. The highest BCUT2D eigenvalue weighted by molar-refractivity contribution is 5.94. The van der Waals surface area contributed by atoms with E-state index in [0.29, 0.717) is 12.1 Å². The standard InChI is InChI=1S/C18H22N2O2/c1-20(2)13-16-7-5-4-6-15(16)12-19-18(21)14-8-10-17(22-3)11-9-14/h4-11H,12-13H2,1-3H3,(H,19,21). The highest BCUT2D eigenvalue weighted by Crippen LogP contribution is 2.13. The van der Waals surface area contributed by atoms with Crippen LogP contribution in [0, 0.1) is 0 Å². The number of nitrogens with one attached hydrogen (secondary N) is 1. The molecule has 0 radical (unpaired) electrons. The van der Waals surface area contributed by atoms with Crippen LogP contribution in [0.5, 0.6) is 5.75 Å². The van der Waals surface area contributed by atoms with Crippen LogP contribution in [0.4, 0.5) is 0 Å². The van der Waals surface area contributed by atoms with Gasteiger partial charge in [-0.05, 0) is 49.5 Å². The summed E-state index contributed by atoms with van der Waals surface area (Å²) in [6, 6.07) is 15.3. The van der Waals surface area contributed by atoms with Crippen LogP contribution in [0.2, 0.25) is 0 Å². The van der Waals surface area contributed by atoms with Crippen LogP contribution in [-0.4, -0.2) is 32.0 Å². The van der Waals surface area contributed by atoms with Gasteiger partial charge in [0.25, 0.3) is 5.91 Å². The number of carbonyl (C=O) groups excluding carboxylic acids is 1. The maximum atomic E-state index is 12.2. The number of hydrogen-bond donors (Lipinski definition) is 1. The zero-order chi connectivity index (χ0) is 15.9. The summed E-state index contributed by atoms with van der Waals surface area (Å²) in [7, 11) is 5.68. The Kier molecular flexibility index (Phi) is 5.55. The Labute approximate surface area is 131 Å². The number of methoxy groups -OCH3 is 1. The molecule has 2 aromatic carbocycles. The molecule has 4 heteroatoms. The van der Waals surface area contributed by atoms with E-state index in [1.165, 1.54) is 5.56 Å². The number of rotatable bonds is 6. The van der Waals surface area contributed by atoms with Gasteiger partial charge in [-0.3, -0.25) is 4.79 Å². The number of benzene rings is 2. The summed E-state index contributed by atoms with van der Waals surface area (Å²) in [5.74, 6) is 0.662. The summed E-state index contributed by atoms with van der Waals surface area (Å²) >= 11 is 0. The molecule has 116 valence electrons. The summed E-state index contributed by atoms with van der Waals surface area (Å²) in [5.41, 5.74) is 2.99. The monoisotopic (exact) mass is 298 g/mol. The van der Waals surface area contributed by atoms with E-state index >= 15 is 0 Å². The van der Waals surface area contributed by atoms with Crippen molar-refractivity contribution in [2.45, 2.75) is 13.1 Å². The van der Waals surface area contributed by atoms with Crippen molar-refractivity contribution < 1.29 is 9.53 Å². The molecule has 0 fully saturated rings. The van der Waals surface area contributed by atoms with E-state index in [1.54, 1.807) is 31.4 Å². The summed E-state index contributed by atoms with van der Waals surface area (Å²) in [4.78, 5) is 14.3. The maximum absolute atomic E-state index is 12.2. The molecule has 0 aromatic heterocycles. The molecular weight excluding hydrogens is 276 g/mol. The van der Waals surface area contributed by atoms with Crippen LogP contribution in [0.15, 0.2) is 48.5 Å². The quantitative estimate of drug-likeness (QED) is 0.891. The van der Waals surface area contributed by atoms with E-state index in [0.717, 1.165) is 17.9 Å². The molecule has 0 aliphatic rings. The molecule has 1 N–H and O–H groups in total. The normalized spacial score (nSPS) is 10.5. The first kappa shape index (κ1) is 16.0. The molecule has 0 unspecified atom stereocenters. The zero-order valence-corrected chi connectivity index (χ0v) is 13.3. The Bertz CT molecular complexity index is 621. The largest absolute Gasteiger partial charge is 0.497 e. The van der Waals surface area contributed by atoms with E-state index in [9.17, 15) is 4.79 Å².